The van der Waals surface area contributed by atoms with E-state index in [-0.39, 0.29) is 0 Å². The predicted octanol–water partition coefficient (Wildman–Crippen LogP) is 3.90. The van der Waals surface area contributed by atoms with Gasteiger partial charge in [0.05, 0.1) is 0 Å². The van der Waals surface area contributed by atoms with Gasteiger partial charge in [0.2, 0.25) is 0 Å². The number of benzene rings is 1. The molecule has 1 atom stereocenters. The predicted molar refractivity (Wildman–Crippen MR) is 70.0 cm³/mol. The van der Waals surface area contributed by atoms with Crippen molar-refractivity contribution in [1.29, 1.82) is 0 Å². The first-order valence-corrected chi connectivity index (χ1v) is 6.51. The van der Waals surface area contributed by atoms with Gasteiger partial charge in [-0.3, -0.25) is 0 Å². The van der Waals surface area contributed by atoms with Crippen LogP contribution in [0.4, 0.5) is 0 Å². The smallest absolute Gasteiger partial charge is 0.0178 e. The van der Waals surface area contributed by atoms with E-state index in [1.54, 1.807) is 0 Å². The summed E-state index contributed by atoms with van der Waals surface area (Å²) in [4.78, 5) is 0. The van der Waals surface area contributed by atoms with Gasteiger partial charge < -0.3 is 5.73 Å². The van der Waals surface area contributed by atoms with Gasteiger partial charge in [0.25, 0.3) is 0 Å². The van der Waals surface area contributed by atoms with Crippen LogP contribution >= 0.6 is 15.9 Å². The third kappa shape index (κ3) is 5.33. The first kappa shape index (κ1) is 12.7. The molecule has 0 bridgehead atoms. The van der Waals surface area contributed by atoms with Crippen LogP contribution in [0.1, 0.15) is 38.2 Å². The molecule has 0 aromatic heterocycles. The van der Waals surface area contributed by atoms with Crippen LogP contribution in [0.25, 0.3) is 0 Å². The van der Waals surface area contributed by atoms with E-state index >= 15 is 0 Å². The molecule has 1 nitrogen and oxygen atoms in total. The number of hydrogen-bond acceptors (Lipinski definition) is 1. The Balaban J connectivity index is 2.34. The summed E-state index contributed by atoms with van der Waals surface area (Å²) in [6.07, 6.45) is 5.95. The quantitative estimate of drug-likeness (QED) is 0.779. The molecule has 1 aromatic rings. The Hall–Kier alpha value is -0.340. The van der Waals surface area contributed by atoms with E-state index in [9.17, 15) is 0 Å². The van der Waals surface area contributed by atoms with E-state index in [1.807, 2.05) is 6.07 Å². The molecule has 2 N–H and O–H groups in total. The Morgan fingerprint density at radius 2 is 2.13 bits per heavy atom. The zero-order valence-corrected chi connectivity index (χ0v) is 11.0. The van der Waals surface area contributed by atoms with Crippen LogP contribution < -0.4 is 5.73 Å². The maximum absolute atomic E-state index is 6.08. The fourth-order valence-corrected chi connectivity index (χ4v) is 2.17. The van der Waals surface area contributed by atoms with Crippen LogP contribution in [0.5, 0.6) is 0 Å². The number of hydrogen-bond donors (Lipinski definition) is 1. The number of rotatable bonds is 6. The Kier molecular flexibility index (Phi) is 5.96. The normalized spacial score (nSPS) is 12.7. The second-order valence-electron chi connectivity index (χ2n) is 4.09. The summed E-state index contributed by atoms with van der Waals surface area (Å²) in [6.45, 7) is 2.22. The summed E-state index contributed by atoms with van der Waals surface area (Å²) in [5.74, 6) is 0. The van der Waals surface area contributed by atoms with E-state index in [0.29, 0.717) is 6.04 Å². The molecule has 84 valence electrons. The van der Waals surface area contributed by atoms with Crippen molar-refractivity contribution in [2.45, 2.75) is 45.1 Å². The summed E-state index contributed by atoms with van der Waals surface area (Å²) in [6, 6.07) is 8.72. The molecule has 0 fully saturated rings. The van der Waals surface area contributed by atoms with E-state index in [0.717, 1.165) is 17.3 Å². The third-order valence-corrected chi connectivity index (χ3v) is 3.06. The summed E-state index contributed by atoms with van der Waals surface area (Å²) in [5.41, 5.74) is 7.41. The van der Waals surface area contributed by atoms with Gasteiger partial charge in [-0.15, -0.1) is 0 Å². The topological polar surface area (TPSA) is 26.0 Å². The zero-order chi connectivity index (χ0) is 11.1. The van der Waals surface area contributed by atoms with Gasteiger partial charge in [0.1, 0.15) is 0 Å². The van der Waals surface area contributed by atoms with Crippen LogP contribution in [-0.4, -0.2) is 6.04 Å². The lowest BCUT2D eigenvalue weighted by atomic mass is 10.0. The standard InChI is InChI=1S/C13H20BrN/c1-2-3-4-8-13(15)10-11-6-5-7-12(14)9-11/h5-7,9,13H,2-4,8,10,15H2,1H3. The van der Waals surface area contributed by atoms with Crippen molar-refractivity contribution < 1.29 is 0 Å². The molecular formula is C13H20BrN. The van der Waals surface area contributed by atoms with Crippen molar-refractivity contribution in [3.05, 3.63) is 34.3 Å². The SMILES string of the molecule is CCCCCC(N)Cc1cccc(Br)c1. The Morgan fingerprint density at radius 1 is 1.33 bits per heavy atom. The van der Waals surface area contributed by atoms with E-state index < -0.39 is 0 Å². The second-order valence-corrected chi connectivity index (χ2v) is 5.01. The van der Waals surface area contributed by atoms with Gasteiger partial charge in [0, 0.05) is 10.5 Å². The molecule has 0 saturated heterocycles. The van der Waals surface area contributed by atoms with Crippen LogP contribution in [-0.2, 0) is 6.42 Å². The summed E-state index contributed by atoms with van der Waals surface area (Å²) in [5, 5.41) is 0. The molecule has 15 heavy (non-hydrogen) atoms. The van der Waals surface area contributed by atoms with Gasteiger partial charge in [0.15, 0.2) is 0 Å². The fourth-order valence-electron chi connectivity index (χ4n) is 1.73. The van der Waals surface area contributed by atoms with Gasteiger partial charge in [-0.2, -0.15) is 0 Å². The summed E-state index contributed by atoms with van der Waals surface area (Å²) < 4.78 is 1.14. The van der Waals surface area contributed by atoms with Crippen LogP contribution in [0.3, 0.4) is 0 Å². The average molecular weight is 270 g/mol. The molecule has 2 heteroatoms. The van der Waals surface area contributed by atoms with Crippen molar-refractivity contribution in [2.24, 2.45) is 5.73 Å². The molecule has 0 aliphatic carbocycles. The molecule has 0 heterocycles. The summed E-state index contributed by atoms with van der Waals surface area (Å²) >= 11 is 3.48. The Bertz CT molecular complexity index is 286. The van der Waals surface area contributed by atoms with Gasteiger partial charge in [-0.1, -0.05) is 54.2 Å². The minimum Gasteiger partial charge on any atom is -0.327 e. The maximum Gasteiger partial charge on any atom is 0.0178 e. The molecule has 1 rings (SSSR count). The Morgan fingerprint density at radius 3 is 2.80 bits per heavy atom. The Labute approximate surface area is 101 Å². The molecule has 0 spiro atoms. The summed E-state index contributed by atoms with van der Waals surface area (Å²) in [7, 11) is 0. The van der Waals surface area contributed by atoms with Crippen LogP contribution in [0.2, 0.25) is 0 Å². The highest BCUT2D eigenvalue weighted by molar-refractivity contribution is 9.10. The van der Waals surface area contributed by atoms with Gasteiger partial charge in [-0.05, 0) is 30.5 Å². The molecule has 0 radical (unpaired) electrons. The molecule has 1 aromatic carbocycles. The second kappa shape index (κ2) is 7.02. The minimum atomic E-state index is 0.311. The van der Waals surface area contributed by atoms with E-state index in [4.69, 9.17) is 5.73 Å². The molecule has 0 saturated carbocycles. The molecule has 0 amide bonds. The van der Waals surface area contributed by atoms with Gasteiger partial charge >= 0.3 is 0 Å². The first-order valence-electron chi connectivity index (χ1n) is 5.72. The monoisotopic (exact) mass is 269 g/mol. The third-order valence-electron chi connectivity index (χ3n) is 2.57. The average Bonchev–Trinajstić information content (AvgIpc) is 2.18. The highest BCUT2D eigenvalue weighted by Crippen LogP contribution is 2.14. The minimum absolute atomic E-state index is 0.311. The lowest BCUT2D eigenvalue weighted by Crippen LogP contribution is -2.22. The zero-order valence-electron chi connectivity index (χ0n) is 9.38. The van der Waals surface area contributed by atoms with Crippen molar-refractivity contribution in [3.8, 4) is 0 Å². The van der Waals surface area contributed by atoms with Crippen molar-refractivity contribution in [2.75, 3.05) is 0 Å². The number of halogens is 1. The van der Waals surface area contributed by atoms with Crippen LogP contribution in [0.15, 0.2) is 28.7 Å². The molecule has 0 aliphatic heterocycles. The first-order chi connectivity index (χ1) is 7.22. The maximum atomic E-state index is 6.08. The fraction of sp³-hybridized carbons (Fsp3) is 0.538. The van der Waals surface area contributed by atoms with Crippen molar-refractivity contribution in [3.63, 3.8) is 0 Å². The molecular weight excluding hydrogens is 250 g/mol. The van der Waals surface area contributed by atoms with Crippen molar-refractivity contribution in [1.82, 2.24) is 0 Å². The van der Waals surface area contributed by atoms with E-state index in [1.165, 1.54) is 24.8 Å². The highest BCUT2D eigenvalue weighted by atomic mass is 79.9. The van der Waals surface area contributed by atoms with E-state index in [2.05, 4.69) is 41.1 Å². The largest absolute Gasteiger partial charge is 0.327 e. The molecule has 0 aliphatic rings. The highest BCUT2D eigenvalue weighted by Gasteiger charge is 2.03. The lowest BCUT2D eigenvalue weighted by molar-refractivity contribution is 0.557. The number of nitrogens with two attached hydrogens (primary N) is 1. The lowest BCUT2D eigenvalue weighted by Gasteiger charge is -2.11. The van der Waals surface area contributed by atoms with Gasteiger partial charge in [-0.25, -0.2) is 0 Å². The number of unbranched alkanes of at least 4 members (excludes halogenated alkanes) is 2. The van der Waals surface area contributed by atoms with Crippen LogP contribution in [0, 0.1) is 0 Å². The van der Waals surface area contributed by atoms with Crippen molar-refractivity contribution >= 4 is 15.9 Å². The molecule has 1 unspecified atom stereocenters.